The van der Waals surface area contributed by atoms with Crippen LogP contribution in [0.2, 0.25) is 0 Å². The maximum atomic E-state index is 11.6. The van der Waals surface area contributed by atoms with Crippen molar-refractivity contribution in [1.82, 2.24) is 9.72 Å². The highest BCUT2D eigenvalue weighted by Crippen LogP contribution is 2.21. The standard InChI is InChI=1S/C12H18N2O5/c1-8(11(15)16)6-18-7-9-4-2-3-5-10-13-19-12(17)14(9)10/h8-9H,2-7H2,1H3,(H,15,16). The number of hydrogen-bond acceptors (Lipinski definition) is 5. The minimum atomic E-state index is -0.885. The van der Waals surface area contributed by atoms with Crippen LogP contribution < -0.4 is 5.76 Å². The van der Waals surface area contributed by atoms with Crippen molar-refractivity contribution in [2.45, 2.75) is 38.6 Å². The minimum absolute atomic E-state index is 0.114. The molecule has 2 heterocycles. The average molecular weight is 270 g/mol. The minimum Gasteiger partial charge on any atom is -0.481 e. The smallest absolute Gasteiger partial charge is 0.441 e. The van der Waals surface area contributed by atoms with E-state index in [-0.39, 0.29) is 12.6 Å². The topological polar surface area (TPSA) is 94.6 Å². The Morgan fingerprint density at radius 2 is 2.42 bits per heavy atom. The van der Waals surface area contributed by atoms with Gasteiger partial charge < -0.3 is 9.84 Å². The molecule has 2 unspecified atom stereocenters. The monoisotopic (exact) mass is 270 g/mol. The van der Waals surface area contributed by atoms with Crippen molar-refractivity contribution >= 4 is 5.97 Å². The first-order chi connectivity index (χ1) is 9.09. The quantitative estimate of drug-likeness (QED) is 0.852. The molecular weight excluding hydrogens is 252 g/mol. The molecule has 2 rings (SSSR count). The molecule has 2 atom stereocenters. The normalized spacial score (nSPS) is 20.6. The molecule has 0 spiro atoms. The van der Waals surface area contributed by atoms with Gasteiger partial charge in [0.05, 0.1) is 25.2 Å². The fourth-order valence-corrected chi connectivity index (χ4v) is 2.21. The predicted octanol–water partition coefficient (Wildman–Crippen LogP) is 0.841. The van der Waals surface area contributed by atoms with Gasteiger partial charge in [0.25, 0.3) is 0 Å². The first-order valence-corrected chi connectivity index (χ1v) is 6.47. The zero-order valence-corrected chi connectivity index (χ0v) is 10.9. The Kier molecular flexibility index (Phi) is 4.36. The third-order valence-electron chi connectivity index (χ3n) is 3.36. The Bertz CT molecular complexity index is 493. The Morgan fingerprint density at radius 1 is 1.63 bits per heavy atom. The summed E-state index contributed by atoms with van der Waals surface area (Å²) in [4.78, 5) is 22.3. The summed E-state index contributed by atoms with van der Waals surface area (Å²) in [7, 11) is 0. The Morgan fingerprint density at radius 3 is 3.16 bits per heavy atom. The molecule has 0 aliphatic carbocycles. The van der Waals surface area contributed by atoms with E-state index < -0.39 is 17.6 Å². The van der Waals surface area contributed by atoms with Gasteiger partial charge >= 0.3 is 11.7 Å². The van der Waals surface area contributed by atoms with Gasteiger partial charge in [-0.3, -0.25) is 13.9 Å². The van der Waals surface area contributed by atoms with Crippen LogP contribution in [0, 0.1) is 5.92 Å². The van der Waals surface area contributed by atoms with Crippen LogP contribution in [0.1, 0.15) is 38.1 Å². The maximum absolute atomic E-state index is 11.6. The molecule has 0 aromatic carbocycles. The van der Waals surface area contributed by atoms with Gasteiger partial charge in [-0.25, -0.2) is 4.79 Å². The summed E-state index contributed by atoms with van der Waals surface area (Å²) in [5, 5.41) is 12.5. The third-order valence-corrected chi connectivity index (χ3v) is 3.36. The van der Waals surface area contributed by atoms with Crippen molar-refractivity contribution in [3.05, 3.63) is 16.4 Å². The number of aryl methyl sites for hydroxylation is 1. The summed E-state index contributed by atoms with van der Waals surface area (Å²) >= 11 is 0. The first-order valence-electron chi connectivity index (χ1n) is 6.47. The number of aliphatic carboxylic acids is 1. The fraction of sp³-hybridized carbons (Fsp3) is 0.750. The van der Waals surface area contributed by atoms with E-state index in [2.05, 4.69) is 9.68 Å². The Balaban J connectivity index is 1.98. The molecule has 0 fully saturated rings. The Labute approximate surface area is 110 Å². The first kappa shape index (κ1) is 13.8. The summed E-state index contributed by atoms with van der Waals surface area (Å²) in [6, 6.07) is -0.114. The number of carboxylic acid groups (broad SMARTS) is 1. The van der Waals surface area contributed by atoms with Crippen molar-refractivity contribution < 1.29 is 19.2 Å². The number of aromatic nitrogens is 2. The van der Waals surface area contributed by atoms with Gasteiger partial charge in [-0.05, 0) is 19.8 Å². The molecule has 106 valence electrons. The van der Waals surface area contributed by atoms with E-state index in [9.17, 15) is 9.59 Å². The van der Waals surface area contributed by atoms with E-state index in [0.717, 1.165) is 25.7 Å². The highest BCUT2D eigenvalue weighted by Gasteiger charge is 2.23. The predicted molar refractivity (Wildman–Crippen MR) is 65.0 cm³/mol. The van der Waals surface area contributed by atoms with Crippen LogP contribution in [0.3, 0.4) is 0 Å². The molecule has 1 aromatic rings. The Hall–Kier alpha value is -1.63. The van der Waals surface area contributed by atoms with Gasteiger partial charge in [-0.2, -0.15) is 0 Å². The molecule has 0 bridgehead atoms. The highest BCUT2D eigenvalue weighted by atomic mass is 16.5. The summed E-state index contributed by atoms with van der Waals surface area (Å²) in [6.07, 6.45) is 3.50. The second-order valence-corrected chi connectivity index (χ2v) is 4.91. The summed E-state index contributed by atoms with van der Waals surface area (Å²) < 4.78 is 11.6. The van der Waals surface area contributed by atoms with Crippen LogP contribution in [-0.4, -0.2) is 34.0 Å². The number of ether oxygens (including phenoxy) is 1. The number of carboxylic acids is 1. The number of hydrogen-bond donors (Lipinski definition) is 1. The van der Waals surface area contributed by atoms with Gasteiger partial charge in [0.1, 0.15) is 0 Å². The van der Waals surface area contributed by atoms with E-state index in [1.165, 1.54) is 0 Å². The van der Waals surface area contributed by atoms with Crippen molar-refractivity contribution in [3.63, 3.8) is 0 Å². The van der Waals surface area contributed by atoms with Crippen molar-refractivity contribution in [2.75, 3.05) is 13.2 Å². The number of nitrogens with zero attached hydrogens (tertiary/aromatic N) is 2. The molecule has 1 N–H and O–H groups in total. The maximum Gasteiger partial charge on any atom is 0.441 e. The fourth-order valence-electron chi connectivity index (χ4n) is 2.21. The lowest BCUT2D eigenvalue weighted by molar-refractivity contribution is -0.143. The second-order valence-electron chi connectivity index (χ2n) is 4.91. The van der Waals surface area contributed by atoms with Crippen LogP contribution >= 0.6 is 0 Å². The van der Waals surface area contributed by atoms with Gasteiger partial charge in [-0.15, -0.1) is 0 Å². The van der Waals surface area contributed by atoms with Gasteiger partial charge in [0, 0.05) is 6.42 Å². The molecule has 0 amide bonds. The highest BCUT2D eigenvalue weighted by molar-refractivity contribution is 5.69. The third kappa shape index (κ3) is 3.23. The summed E-state index contributed by atoms with van der Waals surface area (Å²) in [5.74, 6) is -1.24. The SMILES string of the molecule is CC(COCC1CCCCc2noc(=O)n21)C(=O)O. The average Bonchev–Trinajstić information content (AvgIpc) is 2.61. The molecule has 19 heavy (non-hydrogen) atoms. The number of fused-ring (bicyclic) bond motifs is 1. The van der Waals surface area contributed by atoms with E-state index in [0.29, 0.717) is 12.4 Å². The van der Waals surface area contributed by atoms with E-state index in [1.54, 1.807) is 11.5 Å². The zero-order chi connectivity index (χ0) is 13.8. The van der Waals surface area contributed by atoms with E-state index >= 15 is 0 Å². The largest absolute Gasteiger partial charge is 0.481 e. The van der Waals surface area contributed by atoms with Crippen LogP contribution in [0.4, 0.5) is 0 Å². The van der Waals surface area contributed by atoms with Crippen LogP contribution in [0.25, 0.3) is 0 Å². The molecule has 0 saturated carbocycles. The molecule has 1 aliphatic heterocycles. The van der Waals surface area contributed by atoms with Crippen molar-refractivity contribution in [3.8, 4) is 0 Å². The molecule has 7 heteroatoms. The van der Waals surface area contributed by atoms with Gasteiger partial charge in [-0.1, -0.05) is 11.6 Å². The lowest BCUT2D eigenvalue weighted by Crippen LogP contribution is -2.26. The molecule has 1 aliphatic rings. The van der Waals surface area contributed by atoms with Crippen LogP contribution in [0.5, 0.6) is 0 Å². The van der Waals surface area contributed by atoms with Crippen LogP contribution in [0.15, 0.2) is 9.32 Å². The molecule has 7 nitrogen and oxygen atoms in total. The van der Waals surface area contributed by atoms with Crippen LogP contribution in [-0.2, 0) is 16.0 Å². The molecular formula is C12H18N2O5. The lowest BCUT2D eigenvalue weighted by Gasteiger charge is -2.17. The van der Waals surface area contributed by atoms with Gasteiger partial charge in [0.15, 0.2) is 5.82 Å². The van der Waals surface area contributed by atoms with E-state index in [1.807, 2.05) is 0 Å². The summed E-state index contributed by atoms with van der Waals surface area (Å²) in [6.45, 7) is 2.04. The molecule has 0 radical (unpaired) electrons. The molecule has 0 saturated heterocycles. The number of rotatable bonds is 5. The summed E-state index contributed by atoms with van der Waals surface area (Å²) in [5.41, 5.74) is 0. The number of carbonyl (C=O) groups is 1. The lowest BCUT2D eigenvalue weighted by atomic mass is 10.1. The van der Waals surface area contributed by atoms with Gasteiger partial charge in [0.2, 0.25) is 0 Å². The molecule has 1 aromatic heterocycles. The van der Waals surface area contributed by atoms with E-state index in [4.69, 9.17) is 9.84 Å². The zero-order valence-electron chi connectivity index (χ0n) is 10.9. The van der Waals surface area contributed by atoms with Crippen molar-refractivity contribution in [2.24, 2.45) is 5.92 Å². The second kappa shape index (κ2) is 6.01. The van der Waals surface area contributed by atoms with Crippen molar-refractivity contribution in [1.29, 1.82) is 0 Å².